The molecule has 3 rings (SSSR count). The number of unbranched alkanes of at least 4 members (excludes halogenated alkanes) is 1. The van der Waals surface area contributed by atoms with E-state index in [0.717, 1.165) is 6.61 Å². The van der Waals surface area contributed by atoms with E-state index >= 15 is 0 Å². The van der Waals surface area contributed by atoms with Crippen molar-refractivity contribution >= 4 is 17.6 Å². The van der Waals surface area contributed by atoms with E-state index < -0.39 is 0 Å². The molecule has 2 heteroatoms. The third-order valence-electron chi connectivity index (χ3n) is 5.97. The second-order valence-corrected chi connectivity index (χ2v) is 8.46. The van der Waals surface area contributed by atoms with Gasteiger partial charge in [0.05, 0.1) is 6.61 Å². The summed E-state index contributed by atoms with van der Waals surface area (Å²) in [5.41, 5.74) is 5.18. The van der Waals surface area contributed by atoms with Crippen molar-refractivity contribution in [2.24, 2.45) is 5.41 Å². The molecule has 1 heterocycles. The Hall–Kier alpha value is -0.730. The fraction of sp³-hybridized carbons (Fsp3) is 0.636. The first-order chi connectivity index (χ1) is 11.8. The Morgan fingerprint density at radius 1 is 1.08 bits per heavy atom. The van der Waals surface area contributed by atoms with Crippen molar-refractivity contribution in [3.63, 3.8) is 0 Å². The lowest BCUT2D eigenvalue weighted by atomic mass is 9.72. The highest BCUT2D eigenvalue weighted by Gasteiger charge is 2.33. The van der Waals surface area contributed by atoms with Crippen molar-refractivity contribution in [1.82, 2.24) is 0 Å². The fourth-order valence-corrected chi connectivity index (χ4v) is 5.09. The SMILES string of the molecule is CCCCC1(CC)COSc2ccccc2C(=C2CCCCC2)C1. The van der Waals surface area contributed by atoms with E-state index in [0.29, 0.717) is 5.41 Å². The van der Waals surface area contributed by atoms with Gasteiger partial charge in [-0.3, -0.25) is 0 Å². The number of hydrogen-bond donors (Lipinski definition) is 0. The van der Waals surface area contributed by atoms with Crippen LogP contribution in [0.1, 0.15) is 83.6 Å². The molecule has 1 aliphatic heterocycles. The Bertz CT molecular complexity index is 569. The zero-order valence-corrected chi connectivity index (χ0v) is 16.2. The summed E-state index contributed by atoms with van der Waals surface area (Å²) in [6, 6.07) is 8.90. The fourth-order valence-electron chi connectivity index (χ4n) is 4.24. The summed E-state index contributed by atoms with van der Waals surface area (Å²) in [6.45, 7) is 5.55. The van der Waals surface area contributed by atoms with Crippen LogP contribution in [0.4, 0.5) is 0 Å². The predicted octanol–water partition coefficient (Wildman–Crippen LogP) is 7.42. The van der Waals surface area contributed by atoms with Crippen LogP contribution >= 0.6 is 12.0 Å². The topological polar surface area (TPSA) is 9.23 Å². The van der Waals surface area contributed by atoms with Gasteiger partial charge in [0.15, 0.2) is 0 Å². The average molecular weight is 345 g/mol. The number of hydrogen-bond acceptors (Lipinski definition) is 2. The van der Waals surface area contributed by atoms with E-state index in [9.17, 15) is 0 Å². The smallest absolute Gasteiger partial charge is 0.0677 e. The molecule has 1 nitrogen and oxygen atoms in total. The maximum atomic E-state index is 6.13. The molecule has 132 valence electrons. The first kappa shape index (κ1) is 18.1. The third kappa shape index (κ3) is 4.08. The zero-order chi connectivity index (χ0) is 16.8. The van der Waals surface area contributed by atoms with Gasteiger partial charge in [-0.15, -0.1) is 0 Å². The van der Waals surface area contributed by atoms with Crippen LogP contribution in [0.15, 0.2) is 34.7 Å². The van der Waals surface area contributed by atoms with Gasteiger partial charge in [0.25, 0.3) is 0 Å². The molecule has 1 aromatic carbocycles. The molecule has 0 amide bonds. The lowest BCUT2D eigenvalue weighted by molar-refractivity contribution is 0.145. The molecule has 1 fully saturated rings. The van der Waals surface area contributed by atoms with Crippen molar-refractivity contribution in [2.75, 3.05) is 6.61 Å². The summed E-state index contributed by atoms with van der Waals surface area (Å²) in [5.74, 6) is 0. The second kappa shape index (κ2) is 8.58. The molecule has 1 aromatic rings. The van der Waals surface area contributed by atoms with E-state index in [4.69, 9.17) is 4.18 Å². The molecule has 1 aliphatic carbocycles. The number of allylic oxidation sites excluding steroid dienone is 2. The van der Waals surface area contributed by atoms with Gasteiger partial charge in [0.1, 0.15) is 0 Å². The Balaban J connectivity index is 2.01. The van der Waals surface area contributed by atoms with Gasteiger partial charge >= 0.3 is 0 Å². The van der Waals surface area contributed by atoms with Crippen LogP contribution in [0.2, 0.25) is 0 Å². The van der Waals surface area contributed by atoms with Crippen molar-refractivity contribution in [3.8, 4) is 0 Å². The first-order valence-corrected chi connectivity index (χ1v) is 10.6. The molecule has 1 atom stereocenters. The van der Waals surface area contributed by atoms with Gasteiger partial charge in [-0.1, -0.05) is 56.9 Å². The molecular weight excluding hydrogens is 312 g/mol. The van der Waals surface area contributed by atoms with E-state index in [1.165, 1.54) is 74.7 Å². The quantitative estimate of drug-likeness (QED) is 0.526. The minimum atomic E-state index is 0.316. The van der Waals surface area contributed by atoms with Crippen LogP contribution in [-0.2, 0) is 4.18 Å². The molecule has 0 saturated heterocycles. The molecular formula is C22H32OS. The van der Waals surface area contributed by atoms with Crippen LogP contribution < -0.4 is 0 Å². The van der Waals surface area contributed by atoms with E-state index in [2.05, 4.69) is 38.1 Å². The molecule has 24 heavy (non-hydrogen) atoms. The molecule has 0 bridgehead atoms. The van der Waals surface area contributed by atoms with E-state index in [1.54, 1.807) is 23.2 Å². The third-order valence-corrected chi connectivity index (χ3v) is 6.74. The molecule has 0 radical (unpaired) electrons. The Kier molecular flexibility index (Phi) is 6.46. The van der Waals surface area contributed by atoms with E-state index in [-0.39, 0.29) is 0 Å². The number of fused-ring (bicyclic) bond motifs is 1. The predicted molar refractivity (Wildman–Crippen MR) is 105 cm³/mol. The molecule has 1 saturated carbocycles. The van der Waals surface area contributed by atoms with Crippen molar-refractivity contribution in [3.05, 3.63) is 35.4 Å². The Morgan fingerprint density at radius 3 is 2.62 bits per heavy atom. The van der Waals surface area contributed by atoms with Crippen LogP contribution in [0.5, 0.6) is 0 Å². The summed E-state index contributed by atoms with van der Waals surface area (Å²) in [4.78, 5) is 1.31. The molecule has 0 aromatic heterocycles. The van der Waals surface area contributed by atoms with Crippen LogP contribution in [0, 0.1) is 5.41 Å². The standard InChI is InChI=1S/C22H32OS/c1-3-5-15-22(4-2)16-20(18-11-7-6-8-12-18)19-13-9-10-14-21(19)24-23-17-22/h9-10,13-14H,3-8,11-12,15-17H2,1-2H3. The van der Waals surface area contributed by atoms with Crippen molar-refractivity contribution < 1.29 is 4.18 Å². The highest BCUT2D eigenvalue weighted by atomic mass is 32.2. The summed E-state index contributed by atoms with van der Waals surface area (Å²) in [6.07, 6.45) is 13.1. The molecule has 1 unspecified atom stereocenters. The Morgan fingerprint density at radius 2 is 1.88 bits per heavy atom. The van der Waals surface area contributed by atoms with Gasteiger partial charge < -0.3 is 4.18 Å². The summed E-state index contributed by atoms with van der Waals surface area (Å²) < 4.78 is 6.13. The molecule has 0 N–H and O–H groups in total. The van der Waals surface area contributed by atoms with Gasteiger partial charge in [0, 0.05) is 16.9 Å². The van der Waals surface area contributed by atoms with Crippen LogP contribution in [0.3, 0.4) is 0 Å². The van der Waals surface area contributed by atoms with E-state index in [1.807, 2.05) is 0 Å². The first-order valence-electron chi connectivity index (χ1n) is 9.88. The largest absolute Gasteiger partial charge is 0.310 e. The van der Waals surface area contributed by atoms with Crippen LogP contribution in [-0.4, -0.2) is 6.61 Å². The summed E-state index contributed by atoms with van der Waals surface area (Å²) in [7, 11) is 0. The molecule has 2 aliphatic rings. The summed E-state index contributed by atoms with van der Waals surface area (Å²) >= 11 is 1.61. The maximum Gasteiger partial charge on any atom is 0.0677 e. The lowest BCUT2D eigenvalue weighted by Crippen LogP contribution is -2.27. The highest BCUT2D eigenvalue weighted by molar-refractivity contribution is 7.94. The van der Waals surface area contributed by atoms with Gasteiger partial charge in [-0.2, -0.15) is 0 Å². The minimum Gasteiger partial charge on any atom is -0.310 e. The highest BCUT2D eigenvalue weighted by Crippen LogP contribution is 2.47. The number of benzene rings is 1. The van der Waals surface area contributed by atoms with Gasteiger partial charge in [-0.25, -0.2) is 0 Å². The maximum absolute atomic E-state index is 6.13. The van der Waals surface area contributed by atoms with Gasteiger partial charge in [-0.05, 0) is 67.6 Å². The average Bonchev–Trinajstić information content (AvgIpc) is 2.63. The summed E-state index contributed by atoms with van der Waals surface area (Å²) in [5, 5.41) is 0. The monoisotopic (exact) mass is 344 g/mol. The normalized spacial score (nSPS) is 25.1. The Labute approximate surface area is 152 Å². The van der Waals surface area contributed by atoms with Crippen molar-refractivity contribution in [2.45, 2.75) is 83.0 Å². The molecule has 0 spiro atoms. The lowest BCUT2D eigenvalue weighted by Gasteiger charge is -2.37. The van der Waals surface area contributed by atoms with Gasteiger partial charge in [0.2, 0.25) is 0 Å². The zero-order valence-electron chi connectivity index (χ0n) is 15.4. The second-order valence-electron chi connectivity index (χ2n) is 7.62. The minimum absolute atomic E-state index is 0.316. The van der Waals surface area contributed by atoms with Crippen molar-refractivity contribution in [1.29, 1.82) is 0 Å². The van der Waals surface area contributed by atoms with Crippen LogP contribution in [0.25, 0.3) is 5.57 Å². The number of rotatable bonds is 4.